The molecule has 0 radical (unpaired) electrons. The Morgan fingerprint density at radius 1 is 1.28 bits per heavy atom. The molecule has 1 unspecified atom stereocenters. The minimum atomic E-state index is -2.94. The standard InChI is InChI=1S/C27H44O2/c1-19-10-13-23(28)18-22(19)12-11-21-9-7-17-27(5)24(14-15-25(21)27)20(2)8-6-16-26(3,4)29/h11-12,20,23-25,28-29H,1,6-10,13-18H2,2-5H3/b21-11+,22-12-/t20-,23+,24?,25+,27-/m1/s1/i3T3,4T3. The quantitative estimate of drug-likeness (QED) is 0.507. The molecule has 0 aromatic heterocycles. The number of fused-ring (bicyclic) bond motifs is 1. The van der Waals surface area contributed by atoms with Crippen molar-refractivity contribution in [2.24, 2.45) is 23.2 Å². The van der Waals surface area contributed by atoms with Crippen LogP contribution in [0.4, 0.5) is 0 Å². The first-order chi connectivity index (χ1) is 16.1. The summed E-state index contributed by atoms with van der Waals surface area (Å²) >= 11 is 0. The van der Waals surface area contributed by atoms with Gasteiger partial charge in [0.1, 0.15) is 0 Å². The molecule has 2 heteroatoms. The molecule has 5 atom stereocenters. The third kappa shape index (κ3) is 5.44. The van der Waals surface area contributed by atoms with E-state index in [1.165, 1.54) is 17.6 Å². The largest absolute Gasteiger partial charge is 0.393 e. The molecule has 0 spiro atoms. The van der Waals surface area contributed by atoms with E-state index in [9.17, 15) is 10.2 Å². The third-order valence-corrected chi connectivity index (χ3v) is 8.11. The van der Waals surface area contributed by atoms with E-state index in [2.05, 4.69) is 32.6 Å². The Morgan fingerprint density at radius 2 is 2.07 bits per heavy atom. The lowest BCUT2D eigenvalue weighted by molar-refractivity contribution is 0.0596. The van der Waals surface area contributed by atoms with E-state index in [4.69, 9.17) is 8.22 Å². The van der Waals surface area contributed by atoms with E-state index in [0.717, 1.165) is 44.1 Å². The molecule has 0 aromatic rings. The van der Waals surface area contributed by atoms with Crippen LogP contribution in [0.5, 0.6) is 0 Å². The van der Waals surface area contributed by atoms with Crippen LogP contribution in [-0.4, -0.2) is 21.9 Å². The number of rotatable bonds is 6. The molecule has 0 aromatic carbocycles. The predicted octanol–water partition coefficient (Wildman–Crippen LogP) is 6.73. The summed E-state index contributed by atoms with van der Waals surface area (Å²) in [5.74, 6) is 1.33. The first-order valence-corrected chi connectivity index (χ1v) is 11.6. The van der Waals surface area contributed by atoms with Crippen molar-refractivity contribution in [2.45, 2.75) is 110 Å². The van der Waals surface area contributed by atoms with E-state index in [1.807, 2.05) is 0 Å². The van der Waals surface area contributed by atoms with Gasteiger partial charge in [-0.1, -0.05) is 56.6 Å². The summed E-state index contributed by atoms with van der Waals surface area (Å²) in [6, 6.07) is 0. The van der Waals surface area contributed by atoms with Crippen LogP contribution in [0.25, 0.3) is 0 Å². The van der Waals surface area contributed by atoms with E-state index < -0.39 is 19.3 Å². The van der Waals surface area contributed by atoms with Gasteiger partial charge in [0, 0.05) is 8.22 Å². The van der Waals surface area contributed by atoms with E-state index >= 15 is 0 Å². The van der Waals surface area contributed by atoms with Crippen molar-refractivity contribution < 1.29 is 18.4 Å². The van der Waals surface area contributed by atoms with Gasteiger partial charge in [-0.15, -0.1) is 0 Å². The highest BCUT2D eigenvalue weighted by Gasteiger charge is 2.50. The van der Waals surface area contributed by atoms with Crippen molar-refractivity contribution in [1.82, 2.24) is 0 Å². The van der Waals surface area contributed by atoms with Gasteiger partial charge in [0.25, 0.3) is 0 Å². The van der Waals surface area contributed by atoms with Crippen molar-refractivity contribution in [3.05, 3.63) is 35.5 Å². The average molecular weight is 413 g/mol. The minimum Gasteiger partial charge on any atom is -0.393 e. The molecular formula is C27H44O2. The van der Waals surface area contributed by atoms with E-state index in [-0.39, 0.29) is 17.9 Å². The van der Waals surface area contributed by atoms with Gasteiger partial charge in [0.2, 0.25) is 0 Å². The van der Waals surface area contributed by atoms with Gasteiger partial charge in [-0.05, 0) is 100 Å². The lowest BCUT2D eigenvalue weighted by Gasteiger charge is -2.44. The van der Waals surface area contributed by atoms with Gasteiger partial charge in [-0.3, -0.25) is 0 Å². The average Bonchev–Trinajstić information content (AvgIpc) is 3.10. The SMILES string of the molecule is [3H]C([3H])([3H])C(O)(CCC[C@@H](C)C1CC[C@H]2/C(=C/C=C3/C[C@@H](O)CCC3=C)CCC[C@]12C)C([3H])([3H])[3H]. The molecule has 2 nitrogen and oxygen atoms in total. The molecule has 0 heterocycles. The number of aliphatic hydroxyl groups is 2. The molecule has 0 bridgehead atoms. The Balaban J connectivity index is 1.68. The van der Waals surface area contributed by atoms with Gasteiger partial charge in [-0.25, -0.2) is 0 Å². The van der Waals surface area contributed by atoms with Crippen LogP contribution in [0, 0.1) is 23.2 Å². The lowest BCUT2D eigenvalue weighted by atomic mass is 9.60. The Labute approximate surface area is 187 Å². The van der Waals surface area contributed by atoms with E-state index in [0.29, 0.717) is 37.0 Å². The molecular weight excluding hydrogens is 356 g/mol. The fourth-order valence-corrected chi connectivity index (χ4v) is 6.49. The topological polar surface area (TPSA) is 40.5 Å². The predicted molar refractivity (Wildman–Crippen MR) is 123 cm³/mol. The van der Waals surface area contributed by atoms with Crippen molar-refractivity contribution in [3.63, 3.8) is 0 Å². The highest BCUT2D eigenvalue weighted by Crippen LogP contribution is 2.60. The first kappa shape index (κ1) is 15.9. The molecule has 3 saturated carbocycles. The van der Waals surface area contributed by atoms with Crippen LogP contribution in [0.15, 0.2) is 35.5 Å². The van der Waals surface area contributed by atoms with Crippen LogP contribution >= 0.6 is 0 Å². The fraction of sp³-hybridized carbons (Fsp3) is 0.778. The molecule has 2 N–H and O–H groups in total. The highest BCUT2D eigenvalue weighted by atomic mass is 16.3. The maximum absolute atomic E-state index is 10.6. The van der Waals surface area contributed by atoms with Gasteiger partial charge < -0.3 is 10.2 Å². The zero-order valence-electron chi connectivity index (χ0n) is 24.3. The maximum Gasteiger partial charge on any atom is 0.0591 e. The highest BCUT2D eigenvalue weighted by molar-refractivity contribution is 5.36. The zero-order valence-corrected chi connectivity index (χ0v) is 18.3. The maximum atomic E-state index is 10.6. The second kappa shape index (κ2) is 9.10. The van der Waals surface area contributed by atoms with Crippen LogP contribution in [0.3, 0.4) is 0 Å². The summed E-state index contributed by atoms with van der Waals surface area (Å²) in [5, 5.41) is 20.6. The monoisotopic (exact) mass is 412 g/mol. The van der Waals surface area contributed by atoms with Gasteiger partial charge in [-0.2, -0.15) is 0 Å². The van der Waals surface area contributed by atoms with Crippen molar-refractivity contribution in [3.8, 4) is 0 Å². The molecule has 3 aliphatic carbocycles. The smallest absolute Gasteiger partial charge is 0.0591 e. The Hall–Kier alpha value is -0.860. The summed E-state index contributed by atoms with van der Waals surface area (Å²) in [4.78, 5) is 0. The summed E-state index contributed by atoms with van der Waals surface area (Å²) in [6.45, 7) is 2.91. The number of aliphatic hydroxyl groups excluding tert-OH is 1. The van der Waals surface area contributed by atoms with Crippen LogP contribution in [-0.2, 0) is 0 Å². The van der Waals surface area contributed by atoms with Crippen LogP contribution in [0.1, 0.15) is 106 Å². The number of hydrogen-bond acceptors (Lipinski definition) is 2. The third-order valence-electron chi connectivity index (χ3n) is 8.11. The Morgan fingerprint density at radius 3 is 2.83 bits per heavy atom. The molecule has 0 aliphatic heterocycles. The summed E-state index contributed by atoms with van der Waals surface area (Å²) in [6.07, 6.45) is 13.1. The molecule has 3 fully saturated rings. The molecule has 3 aliphatic rings. The van der Waals surface area contributed by atoms with Gasteiger partial charge in [0.05, 0.1) is 11.7 Å². The molecule has 0 saturated heterocycles. The number of allylic oxidation sites excluding steroid dienone is 4. The molecule has 29 heavy (non-hydrogen) atoms. The first-order valence-electron chi connectivity index (χ1n) is 14.6. The minimum absolute atomic E-state index is 0.176. The normalized spacial score (nSPS) is 41.1. The van der Waals surface area contributed by atoms with Gasteiger partial charge in [0.15, 0.2) is 0 Å². The van der Waals surface area contributed by atoms with Gasteiger partial charge >= 0.3 is 0 Å². The van der Waals surface area contributed by atoms with Crippen molar-refractivity contribution >= 4 is 0 Å². The zero-order chi connectivity index (χ0) is 26.2. The summed E-state index contributed by atoms with van der Waals surface area (Å²) < 4.78 is 45.6. The summed E-state index contributed by atoms with van der Waals surface area (Å²) in [5.41, 5.74) is 1.32. The Bertz CT molecular complexity index is 826. The second-order valence-electron chi connectivity index (χ2n) is 10.3. The van der Waals surface area contributed by atoms with Crippen molar-refractivity contribution in [2.75, 3.05) is 0 Å². The molecule has 0 amide bonds. The summed E-state index contributed by atoms with van der Waals surface area (Å²) in [7, 11) is 0. The lowest BCUT2D eigenvalue weighted by Crippen LogP contribution is -2.36. The van der Waals surface area contributed by atoms with Crippen LogP contribution < -0.4 is 0 Å². The van der Waals surface area contributed by atoms with Crippen LogP contribution in [0.2, 0.25) is 0 Å². The molecule has 164 valence electrons. The second-order valence-corrected chi connectivity index (χ2v) is 10.3. The van der Waals surface area contributed by atoms with E-state index in [1.54, 1.807) is 0 Å². The number of hydrogen-bond donors (Lipinski definition) is 2. The molecule has 3 rings (SSSR count). The van der Waals surface area contributed by atoms with Crippen molar-refractivity contribution in [1.29, 1.82) is 0 Å². The Kier molecular flexibility index (Phi) is 4.98. The fourth-order valence-electron chi connectivity index (χ4n) is 6.49.